The second-order valence-electron chi connectivity index (χ2n) is 11.7. The van der Waals surface area contributed by atoms with Crippen molar-refractivity contribution in [2.45, 2.75) is 68.6 Å². The van der Waals surface area contributed by atoms with Gasteiger partial charge in [-0.3, -0.25) is 19.2 Å². The first-order valence-electron chi connectivity index (χ1n) is 13.5. The number of rotatable bonds is 7. The molecule has 3 rings (SSSR count). The van der Waals surface area contributed by atoms with Crippen molar-refractivity contribution in [3.05, 3.63) is 48.0 Å². The summed E-state index contributed by atoms with van der Waals surface area (Å²) in [5.41, 5.74) is -5.75. The Bertz CT molecular complexity index is 1610. The molecule has 11 nitrogen and oxygen atoms in total. The van der Waals surface area contributed by atoms with Crippen LogP contribution in [0.1, 0.15) is 39.7 Å². The van der Waals surface area contributed by atoms with Crippen LogP contribution >= 0.6 is 0 Å². The van der Waals surface area contributed by atoms with Crippen molar-refractivity contribution < 1.29 is 58.6 Å². The highest BCUT2D eigenvalue weighted by atomic mass is 32.2. The van der Waals surface area contributed by atoms with Crippen molar-refractivity contribution in [1.29, 1.82) is 0 Å². The number of nitrogens with zero attached hydrogens (tertiary/aromatic N) is 2. The first-order chi connectivity index (χ1) is 20.8. The molecule has 1 aliphatic rings. The molecular weight excluding hydrogens is 650 g/mol. The average Bonchev–Trinajstić information content (AvgIpc) is 2.90. The fourth-order valence-electron chi connectivity index (χ4n) is 4.30. The molecule has 0 saturated carbocycles. The number of likely N-dealkylation sites (N-methyl/N-ethyl adjacent to an activating group) is 1. The van der Waals surface area contributed by atoms with E-state index in [1.54, 1.807) is 13.8 Å². The van der Waals surface area contributed by atoms with Crippen LogP contribution in [-0.4, -0.2) is 75.3 Å². The third-order valence-electron chi connectivity index (χ3n) is 6.71. The van der Waals surface area contributed by atoms with E-state index in [2.05, 4.69) is 15.4 Å². The van der Waals surface area contributed by atoms with Gasteiger partial charge in [-0.05, 0) is 64.1 Å². The van der Waals surface area contributed by atoms with Crippen LogP contribution in [-0.2, 0) is 30.5 Å². The minimum absolute atomic E-state index is 0.0909. The fourth-order valence-corrected chi connectivity index (χ4v) is 5.85. The molecule has 1 aliphatic heterocycles. The lowest BCUT2D eigenvalue weighted by atomic mass is 9.95. The number of benzene rings is 2. The molecule has 0 aliphatic carbocycles. The van der Waals surface area contributed by atoms with Gasteiger partial charge < -0.3 is 19.7 Å². The van der Waals surface area contributed by atoms with Crippen molar-refractivity contribution in [2.24, 2.45) is 0 Å². The lowest BCUT2D eigenvalue weighted by molar-refractivity contribution is -0.242. The topological polar surface area (TPSA) is 134 Å². The third-order valence-corrected chi connectivity index (χ3v) is 8.48. The molecule has 1 atom stereocenters. The number of fused-ring (bicyclic) bond motifs is 1. The second kappa shape index (κ2) is 12.5. The Morgan fingerprint density at radius 1 is 1.00 bits per heavy atom. The maximum absolute atomic E-state index is 13.9. The van der Waals surface area contributed by atoms with Gasteiger partial charge in [-0.15, -0.1) is 0 Å². The average molecular weight is 683 g/mol. The summed E-state index contributed by atoms with van der Waals surface area (Å²) in [6, 6.07) is 6.40. The van der Waals surface area contributed by atoms with Crippen LogP contribution in [0.15, 0.2) is 47.4 Å². The largest absolute Gasteiger partial charge is 0.486 e. The Kier molecular flexibility index (Phi) is 9.87. The quantitative estimate of drug-likeness (QED) is 0.313. The number of alkyl halides is 6. The number of ether oxygens (including phenoxy) is 2. The van der Waals surface area contributed by atoms with Crippen molar-refractivity contribution in [1.82, 2.24) is 10.2 Å². The SMILES string of the molecule is CN(C)C(=O)C(=O)NC(C)(C)C[C@H]1CN(S(=O)(=O)c2cccc(C(F)(F)F)c2)c2cc(NC(=O)OC(C)(C)C(F)(F)F)ccc2O1. The molecule has 0 unspecified atom stereocenters. The van der Waals surface area contributed by atoms with E-state index in [4.69, 9.17) is 4.74 Å². The van der Waals surface area contributed by atoms with E-state index >= 15 is 0 Å². The van der Waals surface area contributed by atoms with Gasteiger partial charge in [0.15, 0.2) is 0 Å². The summed E-state index contributed by atoms with van der Waals surface area (Å²) >= 11 is 0. The zero-order valence-electron chi connectivity index (χ0n) is 25.5. The Hall–Kier alpha value is -4.22. The predicted octanol–water partition coefficient (Wildman–Crippen LogP) is 4.92. The van der Waals surface area contributed by atoms with E-state index in [-0.39, 0.29) is 23.5 Å². The normalized spacial score (nSPS) is 15.7. The van der Waals surface area contributed by atoms with E-state index in [0.29, 0.717) is 26.0 Å². The van der Waals surface area contributed by atoms with Crippen LogP contribution in [0.25, 0.3) is 0 Å². The van der Waals surface area contributed by atoms with Gasteiger partial charge in [-0.25, -0.2) is 13.2 Å². The molecule has 18 heteroatoms. The first-order valence-corrected chi connectivity index (χ1v) is 14.9. The highest BCUT2D eigenvalue weighted by Gasteiger charge is 2.51. The molecular formula is C28H32F6N4O7S. The molecule has 0 fully saturated rings. The number of hydrogen-bond acceptors (Lipinski definition) is 7. The number of halogens is 6. The number of hydrogen-bond donors (Lipinski definition) is 2. The lowest BCUT2D eigenvalue weighted by Gasteiger charge is -2.39. The monoisotopic (exact) mass is 682 g/mol. The number of sulfonamides is 1. The standard InChI is InChI=1S/C28H32F6N4O7S/c1-25(2,36-22(39)23(40)37(5)6)14-18-15-38(46(42,43)19-9-7-8-16(12-19)27(29,30)31)20-13-17(10-11-21(20)44-18)35-24(41)45-26(3,4)28(32,33)34/h7-13,18H,14-15H2,1-6H3,(H,35,41)(H,36,39)/t18-/m0/s1. The molecule has 0 radical (unpaired) electrons. The summed E-state index contributed by atoms with van der Waals surface area (Å²) in [6.45, 7) is 3.81. The van der Waals surface area contributed by atoms with Gasteiger partial charge in [-0.1, -0.05) is 6.07 Å². The summed E-state index contributed by atoms with van der Waals surface area (Å²) in [5, 5.41) is 4.61. The first kappa shape index (κ1) is 36.3. The molecule has 0 aromatic heterocycles. The minimum Gasteiger partial charge on any atom is -0.486 e. The van der Waals surface area contributed by atoms with Crippen molar-refractivity contribution in [3.8, 4) is 5.75 Å². The van der Waals surface area contributed by atoms with Crippen LogP contribution < -0.4 is 19.7 Å². The zero-order valence-corrected chi connectivity index (χ0v) is 26.3. The van der Waals surface area contributed by atoms with Crippen LogP contribution in [0.5, 0.6) is 5.75 Å². The van der Waals surface area contributed by atoms with Gasteiger partial charge in [0.2, 0.25) is 5.60 Å². The Labute approximate surface area is 260 Å². The van der Waals surface area contributed by atoms with Crippen LogP contribution in [0.2, 0.25) is 0 Å². The third kappa shape index (κ3) is 8.32. The molecule has 1 heterocycles. The molecule has 46 heavy (non-hydrogen) atoms. The molecule has 0 bridgehead atoms. The zero-order chi connectivity index (χ0) is 35.0. The van der Waals surface area contributed by atoms with E-state index in [0.717, 1.165) is 27.4 Å². The number of carbonyl (C=O) groups is 3. The maximum atomic E-state index is 13.9. The summed E-state index contributed by atoms with van der Waals surface area (Å²) < 4.78 is 119. The van der Waals surface area contributed by atoms with E-state index in [1.165, 1.54) is 26.2 Å². The van der Waals surface area contributed by atoms with E-state index < -0.39 is 74.5 Å². The van der Waals surface area contributed by atoms with E-state index in [1.807, 2.05) is 0 Å². The summed E-state index contributed by atoms with van der Waals surface area (Å²) in [6.07, 6.45) is -12.4. The van der Waals surface area contributed by atoms with Crippen molar-refractivity contribution in [2.75, 3.05) is 30.3 Å². The van der Waals surface area contributed by atoms with Gasteiger partial charge in [-0.2, -0.15) is 26.3 Å². The maximum Gasteiger partial charge on any atom is 0.427 e. The van der Waals surface area contributed by atoms with Crippen LogP contribution in [0, 0.1) is 0 Å². The van der Waals surface area contributed by atoms with Gasteiger partial charge in [0.25, 0.3) is 10.0 Å². The highest BCUT2D eigenvalue weighted by molar-refractivity contribution is 7.92. The van der Waals surface area contributed by atoms with E-state index in [9.17, 15) is 49.1 Å². The smallest absolute Gasteiger partial charge is 0.427 e. The van der Waals surface area contributed by atoms with Gasteiger partial charge >= 0.3 is 30.3 Å². The fraction of sp³-hybridized carbons (Fsp3) is 0.464. The molecule has 254 valence electrons. The van der Waals surface area contributed by atoms with Gasteiger partial charge in [0.1, 0.15) is 11.9 Å². The molecule has 0 saturated heterocycles. The second-order valence-corrected chi connectivity index (χ2v) is 13.6. The van der Waals surface area contributed by atoms with Crippen LogP contribution in [0.3, 0.4) is 0 Å². The number of anilines is 2. The number of carbonyl (C=O) groups excluding carboxylic acids is 3. The molecule has 3 amide bonds. The number of nitrogens with one attached hydrogen (secondary N) is 2. The molecule has 0 spiro atoms. The number of amides is 3. The Balaban J connectivity index is 2.02. The summed E-state index contributed by atoms with van der Waals surface area (Å²) in [7, 11) is -2.04. The minimum atomic E-state index is -4.91. The highest BCUT2D eigenvalue weighted by Crippen LogP contribution is 2.41. The van der Waals surface area contributed by atoms with Crippen molar-refractivity contribution in [3.63, 3.8) is 0 Å². The summed E-state index contributed by atoms with van der Waals surface area (Å²) in [4.78, 5) is 37.1. The van der Waals surface area contributed by atoms with Gasteiger partial charge in [0, 0.05) is 31.7 Å². The molecule has 2 aromatic rings. The van der Waals surface area contributed by atoms with Gasteiger partial charge in [0.05, 0.1) is 22.7 Å². The molecule has 2 N–H and O–H groups in total. The summed E-state index contributed by atoms with van der Waals surface area (Å²) in [5.74, 6) is -1.92. The predicted molar refractivity (Wildman–Crippen MR) is 153 cm³/mol. The Morgan fingerprint density at radius 2 is 1.63 bits per heavy atom. The van der Waals surface area contributed by atoms with Crippen LogP contribution in [0.4, 0.5) is 42.5 Å². The van der Waals surface area contributed by atoms with Crippen molar-refractivity contribution >= 4 is 39.3 Å². The lowest BCUT2D eigenvalue weighted by Crippen LogP contribution is -2.53. The molecule has 2 aromatic carbocycles. The Morgan fingerprint density at radius 3 is 2.20 bits per heavy atom.